The van der Waals surface area contributed by atoms with Gasteiger partial charge in [-0.15, -0.1) is 11.3 Å². The van der Waals surface area contributed by atoms with Crippen molar-refractivity contribution in [2.45, 2.75) is 50.4 Å². The van der Waals surface area contributed by atoms with Crippen LogP contribution in [0.3, 0.4) is 0 Å². The molecule has 1 fully saturated rings. The molecule has 234 valence electrons. The van der Waals surface area contributed by atoms with Crippen molar-refractivity contribution in [1.82, 2.24) is 30.3 Å². The van der Waals surface area contributed by atoms with E-state index in [-0.39, 0.29) is 29.0 Å². The first-order chi connectivity index (χ1) is 20.1. The van der Waals surface area contributed by atoms with E-state index in [4.69, 9.17) is 9.17 Å². The Morgan fingerprint density at radius 2 is 1.74 bits per heavy atom. The number of hydrogen-bond donors (Lipinski definition) is 2. The maximum atomic E-state index is 14.4. The number of likely N-dealkylation sites (tertiary alicyclic amines) is 1. The van der Waals surface area contributed by atoms with E-state index in [1.54, 1.807) is 11.0 Å². The summed E-state index contributed by atoms with van der Waals surface area (Å²) in [4.78, 5) is 6.46. The molecule has 0 aliphatic carbocycles. The zero-order chi connectivity index (χ0) is 31.2. The minimum absolute atomic E-state index is 0.0199. The fourth-order valence-corrected chi connectivity index (χ4v) is 6.37. The Balaban J connectivity index is 1.21. The number of rotatable bonds is 6. The summed E-state index contributed by atoms with van der Waals surface area (Å²) in [7, 11) is -3.95. The molecule has 5 rings (SSSR count). The van der Waals surface area contributed by atoms with Crippen LogP contribution < -0.4 is 14.8 Å². The van der Waals surface area contributed by atoms with Crippen molar-refractivity contribution in [3.8, 4) is 5.75 Å². The van der Waals surface area contributed by atoms with Crippen LogP contribution in [-0.2, 0) is 35.6 Å². The number of aromatic nitrogens is 3. The van der Waals surface area contributed by atoms with Crippen molar-refractivity contribution in [2.75, 3.05) is 19.3 Å². The van der Waals surface area contributed by atoms with Crippen LogP contribution in [0.2, 0.25) is 0 Å². The van der Waals surface area contributed by atoms with E-state index in [9.17, 15) is 39.2 Å². The lowest BCUT2D eigenvalue weighted by Gasteiger charge is -2.30. The van der Waals surface area contributed by atoms with Crippen molar-refractivity contribution in [1.29, 1.82) is 0 Å². The quantitative estimate of drug-likeness (QED) is 0.281. The molecule has 1 saturated heterocycles. The Labute approximate surface area is 245 Å². The van der Waals surface area contributed by atoms with Crippen LogP contribution in [0, 0.1) is 5.82 Å². The first-order valence-corrected chi connectivity index (χ1v) is 15.6. The Kier molecular flexibility index (Phi) is 8.49. The van der Waals surface area contributed by atoms with Gasteiger partial charge in [-0.1, -0.05) is 6.07 Å². The highest BCUT2D eigenvalue weighted by Crippen LogP contribution is 2.36. The summed E-state index contributed by atoms with van der Waals surface area (Å²) in [6, 6.07) is 2.68. The number of alkyl halides is 6. The van der Waals surface area contributed by atoms with Crippen LogP contribution in [0.5, 0.6) is 5.75 Å². The molecule has 18 heteroatoms. The van der Waals surface area contributed by atoms with Gasteiger partial charge in [0.05, 0.1) is 17.0 Å². The third-order valence-corrected chi connectivity index (χ3v) is 8.47. The van der Waals surface area contributed by atoms with Gasteiger partial charge in [0.2, 0.25) is 0 Å². The minimum Gasteiger partial charge on any atom is -0.379 e. The van der Waals surface area contributed by atoms with Crippen molar-refractivity contribution in [2.24, 2.45) is 0 Å². The lowest BCUT2D eigenvalue weighted by molar-refractivity contribution is -0.143. The van der Waals surface area contributed by atoms with E-state index in [0.29, 0.717) is 49.3 Å². The molecule has 0 amide bonds. The van der Waals surface area contributed by atoms with Crippen LogP contribution in [-0.4, -0.2) is 47.4 Å². The number of hydrogen-bond acceptors (Lipinski definition) is 9. The molecule has 4 heterocycles. The molecule has 43 heavy (non-hydrogen) atoms. The molecule has 1 aromatic carbocycles. The van der Waals surface area contributed by atoms with Crippen LogP contribution in [0.1, 0.15) is 58.1 Å². The fraction of sp³-hybridized carbons (Fsp3) is 0.440. The van der Waals surface area contributed by atoms with E-state index >= 15 is 0 Å². The largest absolute Gasteiger partial charge is 0.435 e. The highest BCUT2D eigenvalue weighted by molar-refractivity contribution is 7.86. The van der Waals surface area contributed by atoms with Gasteiger partial charge in [-0.2, -0.15) is 39.9 Å². The second-order valence-electron chi connectivity index (χ2n) is 10.1. The molecular formula is C25H25F7N6O3S2. The molecule has 9 nitrogen and oxygen atoms in total. The smallest absolute Gasteiger partial charge is 0.379 e. The number of thiazole rings is 1. The molecule has 2 aromatic heterocycles. The minimum atomic E-state index is -5.01. The summed E-state index contributed by atoms with van der Waals surface area (Å²) in [5.41, 5.74) is -1.42. The molecule has 0 spiro atoms. The Morgan fingerprint density at radius 3 is 2.40 bits per heavy atom. The van der Waals surface area contributed by atoms with E-state index < -0.39 is 45.8 Å². The standard InChI is InChI=1S/C25H25F7N6O3S2/c1-43(39,40)41-21-16-12-34-22(33-11-15(16)2-3-17(21)26)18-13-42-23(35-18)14-4-6-37(7-5-14)8-9-38-20(25(30,31)32)10-19(36-38)24(27,28)29/h2-3,8-10,13-14,22,33-34H,4-7,11-12H2,1H3. The van der Waals surface area contributed by atoms with E-state index in [1.165, 1.54) is 17.5 Å². The van der Waals surface area contributed by atoms with E-state index in [2.05, 4.69) is 15.7 Å². The van der Waals surface area contributed by atoms with Gasteiger partial charge >= 0.3 is 22.5 Å². The Morgan fingerprint density at radius 1 is 1.05 bits per heavy atom. The van der Waals surface area contributed by atoms with Crippen molar-refractivity contribution < 1.29 is 43.3 Å². The normalized spacial score (nSPS) is 19.1. The number of nitrogens with zero attached hydrogens (tertiary/aromatic N) is 4. The summed E-state index contributed by atoms with van der Waals surface area (Å²) >= 11 is 1.44. The van der Waals surface area contributed by atoms with Crippen LogP contribution in [0.4, 0.5) is 30.7 Å². The topological polar surface area (TPSA) is 101 Å². The van der Waals surface area contributed by atoms with Crippen LogP contribution >= 0.6 is 11.3 Å². The second kappa shape index (κ2) is 11.7. The lowest BCUT2D eigenvalue weighted by Crippen LogP contribution is -2.31. The monoisotopic (exact) mass is 654 g/mol. The molecule has 1 atom stereocenters. The van der Waals surface area contributed by atoms with Gasteiger partial charge in [0, 0.05) is 61.5 Å². The summed E-state index contributed by atoms with van der Waals surface area (Å²) < 4.78 is 121. The highest BCUT2D eigenvalue weighted by atomic mass is 32.2. The number of benzene rings is 1. The average Bonchev–Trinajstić information content (AvgIpc) is 3.53. The van der Waals surface area contributed by atoms with Gasteiger partial charge < -0.3 is 9.08 Å². The average molecular weight is 655 g/mol. The highest BCUT2D eigenvalue weighted by Gasteiger charge is 2.41. The van der Waals surface area contributed by atoms with Crippen molar-refractivity contribution >= 4 is 27.7 Å². The van der Waals surface area contributed by atoms with Crippen molar-refractivity contribution in [3.63, 3.8) is 0 Å². The first kappa shape index (κ1) is 31.2. The van der Waals surface area contributed by atoms with Crippen molar-refractivity contribution in [3.05, 3.63) is 68.8 Å². The number of halogens is 7. The third-order valence-electron chi connectivity index (χ3n) is 6.97. The lowest BCUT2D eigenvalue weighted by atomic mass is 9.98. The maximum Gasteiger partial charge on any atom is 0.435 e. The second-order valence-corrected chi connectivity index (χ2v) is 12.5. The molecule has 0 radical (unpaired) electrons. The molecule has 2 aliphatic rings. The van der Waals surface area contributed by atoms with Gasteiger partial charge in [-0.3, -0.25) is 10.6 Å². The SMILES string of the molecule is CS(=O)(=O)Oc1c(F)ccc2c1CNC(c1csc(C3CCN(C=Cn4nc(C(F)(F)F)cc4C(F)(F)F)CC3)n1)NC2. The maximum absolute atomic E-state index is 14.4. The van der Waals surface area contributed by atoms with Gasteiger partial charge in [-0.05, 0) is 24.5 Å². The zero-order valence-electron chi connectivity index (χ0n) is 22.3. The number of fused-ring (bicyclic) bond motifs is 1. The molecular weight excluding hydrogens is 629 g/mol. The third kappa shape index (κ3) is 7.30. The predicted octanol–water partition coefficient (Wildman–Crippen LogP) is 5.05. The number of piperidine rings is 1. The van der Waals surface area contributed by atoms with Crippen LogP contribution in [0.15, 0.2) is 29.8 Å². The van der Waals surface area contributed by atoms with Gasteiger partial charge in [-0.25, -0.2) is 14.1 Å². The summed E-state index contributed by atoms with van der Waals surface area (Å²) in [5.74, 6) is -1.08. The Bertz CT molecular complexity index is 1610. The molecule has 3 aromatic rings. The van der Waals surface area contributed by atoms with Crippen LogP contribution in [0.25, 0.3) is 6.20 Å². The summed E-state index contributed by atoms with van der Waals surface area (Å²) in [5, 5.41) is 12.3. The molecule has 2 N–H and O–H groups in total. The van der Waals surface area contributed by atoms with E-state index in [1.807, 2.05) is 5.38 Å². The molecule has 0 saturated carbocycles. The summed E-state index contributed by atoms with van der Waals surface area (Å²) in [6.45, 7) is 1.29. The van der Waals surface area contributed by atoms with Gasteiger partial charge in [0.15, 0.2) is 17.3 Å². The molecule has 0 bridgehead atoms. The molecule has 2 aliphatic heterocycles. The predicted molar refractivity (Wildman–Crippen MR) is 142 cm³/mol. The summed E-state index contributed by atoms with van der Waals surface area (Å²) in [6.07, 6.45) is -6.21. The van der Waals surface area contributed by atoms with Gasteiger partial charge in [0.25, 0.3) is 0 Å². The van der Waals surface area contributed by atoms with Gasteiger partial charge in [0.1, 0.15) is 11.9 Å². The first-order valence-electron chi connectivity index (χ1n) is 12.9. The fourth-order valence-electron chi connectivity index (χ4n) is 4.87. The Hall–Kier alpha value is -3.22. The van der Waals surface area contributed by atoms with E-state index in [0.717, 1.165) is 23.5 Å². The zero-order valence-corrected chi connectivity index (χ0v) is 24.0. The number of nitrogens with one attached hydrogen (secondary N) is 2. The molecule has 1 unspecified atom stereocenters.